The summed E-state index contributed by atoms with van der Waals surface area (Å²) in [6, 6.07) is 7.42. The summed E-state index contributed by atoms with van der Waals surface area (Å²) in [7, 11) is 0. The van der Waals surface area contributed by atoms with E-state index in [4.69, 9.17) is 9.47 Å². The van der Waals surface area contributed by atoms with Gasteiger partial charge >= 0.3 is 0 Å². The maximum absolute atomic E-state index is 13.0. The molecule has 3 atom stereocenters. The van der Waals surface area contributed by atoms with E-state index >= 15 is 0 Å². The summed E-state index contributed by atoms with van der Waals surface area (Å²) in [5.41, 5.74) is 2.27. The summed E-state index contributed by atoms with van der Waals surface area (Å²) < 4.78 is 13.9. The van der Waals surface area contributed by atoms with Crippen LogP contribution in [-0.4, -0.2) is 27.9 Å². The number of fused-ring (bicyclic) bond motifs is 2. The van der Waals surface area contributed by atoms with Crippen molar-refractivity contribution in [1.82, 2.24) is 15.1 Å². The third-order valence-electron chi connectivity index (χ3n) is 5.24. The van der Waals surface area contributed by atoms with E-state index < -0.39 is 6.10 Å². The molecule has 0 saturated carbocycles. The molecule has 1 aliphatic carbocycles. The first-order chi connectivity index (χ1) is 12.8. The van der Waals surface area contributed by atoms with Crippen molar-refractivity contribution < 1.29 is 14.3 Å². The highest BCUT2D eigenvalue weighted by molar-refractivity contribution is 5.82. The van der Waals surface area contributed by atoms with E-state index in [1.54, 1.807) is 0 Å². The molecule has 1 N–H and O–H groups in total. The molecule has 2 aromatic rings. The SMILES string of the molecule is CC1Oc2ccccc2OC1C(=O)NC1CCCc2c1cnn2C(C)(C)C. The van der Waals surface area contributed by atoms with Crippen LogP contribution in [0.15, 0.2) is 30.5 Å². The Morgan fingerprint density at radius 3 is 2.63 bits per heavy atom. The summed E-state index contributed by atoms with van der Waals surface area (Å²) in [6.45, 7) is 8.31. The zero-order valence-corrected chi connectivity index (χ0v) is 16.4. The standard InChI is InChI=1S/C21H27N3O3/c1-13-19(27-18-11-6-5-10-17(18)26-13)20(25)23-15-8-7-9-16-14(15)12-22-24(16)21(2,3)4/h5-6,10-13,15,19H,7-9H2,1-4H3,(H,23,25). The molecular formula is C21H27N3O3. The highest BCUT2D eigenvalue weighted by Crippen LogP contribution is 2.35. The Morgan fingerprint density at radius 1 is 1.22 bits per heavy atom. The van der Waals surface area contributed by atoms with Crippen LogP contribution in [-0.2, 0) is 16.8 Å². The number of ether oxygens (including phenoxy) is 2. The van der Waals surface area contributed by atoms with Crippen molar-refractivity contribution >= 4 is 5.91 Å². The van der Waals surface area contributed by atoms with Crippen LogP contribution in [0.5, 0.6) is 11.5 Å². The number of aromatic nitrogens is 2. The molecule has 27 heavy (non-hydrogen) atoms. The monoisotopic (exact) mass is 369 g/mol. The highest BCUT2D eigenvalue weighted by Gasteiger charge is 2.36. The predicted octanol–water partition coefficient (Wildman–Crippen LogP) is 3.36. The van der Waals surface area contributed by atoms with Gasteiger partial charge in [-0.3, -0.25) is 9.48 Å². The van der Waals surface area contributed by atoms with Gasteiger partial charge < -0.3 is 14.8 Å². The Kier molecular flexibility index (Phi) is 4.36. The molecule has 0 fully saturated rings. The summed E-state index contributed by atoms with van der Waals surface area (Å²) in [6.07, 6.45) is 3.82. The van der Waals surface area contributed by atoms with E-state index in [1.165, 1.54) is 5.69 Å². The minimum atomic E-state index is -0.664. The van der Waals surface area contributed by atoms with E-state index in [0.29, 0.717) is 11.5 Å². The van der Waals surface area contributed by atoms with Crippen LogP contribution in [0.2, 0.25) is 0 Å². The lowest BCUT2D eigenvalue weighted by Crippen LogP contribution is -2.50. The van der Waals surface area contributed by atoms with Crippen LogP contribution in [0, 0.1) is 0 Å². The van der Waals surface area contributed by atoms with Gasteiger partial charge in [0.25, 0.3) is 5.91 Å². The van der Waals surface area contributed by atoms with Crippen molar-refractivity contribution in [3.63, 3.8) is 0 Å². The largest absolute Gasteiger partial charge is 0.482 e. The molecule has 144 valence electrons. The quantitative estimate of drug-likeness (QED) is 0.882. The van der Waals surface area contributed by atoms with Gasteiger partial charge in [-0.15, -0.1) is 0 Å². The van der Waals surface area contributed by atoms with Gasteiger partial charge in [0.05, 0.1) is 17.8 Å². The van der Waals surface area contributed by atoms with E-state index in [-0.39, 0.29) is 23.6 Å². The Hall–Kier alpha value is -2.50. The first-order valence-corrected chi connectivity index (χ1v) is 9.64. The van der Waals surface area contributed by atoms with Gasteiger partial charge in [-0.25, -0.2) is 0 Å². The zero-order valence-electron chi connectivity index (χ0n) is 16.4. The predicted molar refractivity (Wildman–Crippen MR) is 102 cm³/mol. The second-order valence-electron chi connectivity index (χ2n) is 8.39. The highest BCUT2D eigenvalue weighted by atomic mass is 16.6. The first kappa shape index (κ1) is 17.9. The minimum absolute atomic E-state index is 0.0367. The van der Waals surface area contributed by atoms with E-state index in [0.717, 1.165) is 24.8 Å². The van der Waals surface area contributed by atoms with E-state index in [2.05, 4.69) is 35.9 Å². The van der Waals surface area contributed by atoms with Gasteiger partial charge in [0.1, 0.15) is 6.10 Å². The van der Waals surface area contributed by atoms with Crippen molar-refractivity contribution in [2.24, 2.45) is 0 Å². The Bertz CT molecular complexity index is 853. The first-order valence-electron chi connectivity index (χ1n) is 9.64. The lowest BCUT2D eigenvalue weighted by molar-refractivity contribution is -0.134. The molecule has 1 aromatic carbocycles. The number of amides is 1. The molecule has 2 heterocycles. The molecule has 1 aromatic heterocycles. The number of nitrogens with one attached hydrogen (secondary N) is 1. The Labute approximate surface area is 159 Å². The number of hydrogen-bond acceptors (Lipinski definition) is 4. The van der Waals surface area contributed by atoms with Crippen LogP contribution in [0.1, 0.15) is 57.8 Å². The van der Waals surface area contributed by atoms with Gasteiger partial charge in [0.2, 0.25) is 6.10 Å². The summed E-state index contributed by atoms with van der Waals surface area (Å²) in [5.74, 6) is 1.15. The van der Waals surface area contributed by atoms with Gasteiger partial charge in [0.15, 0.2) is 11.5 Å². The van der Waals surface area contributed by atoms with E-state index in [1.807, 2.05) is 37.4 Å². The maximum Gasteiger partial charge on any atom is 0.265 e. The molecule has 4 rings (SSSR count). The summed E-state index contributed by atoms with van der Waals surface area (Å²) in [4.78, 5) is 13.0. The third kappa shape index (κ3) is 3.29. The molecule has 6 heteroatoms. The number of para-hydroxylation sites is 2. The number of carbonyl (C=O) groups excluding carboxylic acids is 1. The van der Waals surface area contributed by atoms with Crippen LogP contribution in [0.4, 0.5) is 0 Å². The molecule has 1 amide bonds. The van der Waals surface area contributed by atoms with Crippen molar-refractivity contribution in [2.45, 2.75) is 70.7 Å². The smallest absolute Gasteiger partial charge is 0.265 e. The van der Waals surface area contributed by atoms with Crippen LogP contribution in [0.25, 0.3) is 0 Å². The van der Waals surface area contributed by atoms with Crippen molar-refractivity contribution in [1.29, 1.82) is 0 Å². The fourth-order valence-corrected chi connectivity index (χ4v) is 3.95. The molecule has 1 aliphatic heterocycles. The molecule has 0 bridgehead atoms. The van der Waals surface area contributed by atoms with Gasteiger partial charge in [-0.05, 0) is 59.1 Å². The molecule has 3 unspecified atom stereocenters. The van der Waals surface area contributed by atoms with Crippen LogP contribution in [0.3, 0.4) is 0 Å². The van der Waals surface area contributed by atoms with Crippen LogP contribution >= 0.6 is 0 Å². The normalized spacial score (nSPS) is 24.2. The second-order valence-corrected chi connectivity index (χ2v) is 8.39. The Morgan fingerprint density at radius 2 is 1.93 bits per heavy atom. The third-order valence-corrected chi connectivity index (χ3v) is 5.24. The average molecular weight is 369 g/mol. The molecule has 0 radical (unpaired) electrons. The second kappa shape index (κ2) is 6.59. The average Bonchev–Trinajstić information content (AvgIpc) is 3.06. The van der Waals surface area contributed by atoms with Crippen molar-refractivity contribution in [3.05, 3.63) is 41.7 Å². The number of rotatable bonds is 2. The molecule has 0 saturated heterocycles. The molecular weight excluding hydrogens is 342 g/mol. The Balaban J connectivity index is 1.53. The lowest BCUT2D eigenvalue weighted by atomic mass is 9.92. The number of hydrogen-bond donors (Lipinski definition) is 1. The molecule has 6 nitrogen and oxygen atoms in total. The fourth-order valence-electron chi connectivity index (χ4n) is 3.95. The van der Waals surface area contributed by atoms with Crippen LogP contribution < -0.4 is 14.8 Å². The fraction of sp³-hybridized carbons (Fsp3) is 0.524. The van der Waals surface area contributed by atoms with Crippen molar-refractivity contribution in [2.75, 3.05) is 0 Å². The van der Waals surface area contributed by atoms with Gasteiger partial charge in [-0.2, -0.15) is 5.10 Å². The van der Waals surface area contributed by atoms with Crippen molar-refractivity contribution in [3.8, 4) is 11.5 Å². The topological polar surface area (TPSA) is 65.4 Å². The number of carbonyl (C=O) groups is 1. The summed E-state index contributed by atoms with van der Waals surface area (Å²) >= 11 is 0. The molecule has 2 aliphatic rings. The maximum atomic E-state index is 13.0. The minimum Gasteiger partial charge on any atom is -0.482 e. The molecule has 0 spiro atoms. The van der Waals surface area contributed by atoms with Gasteiger partial charge in [-0.1, -0.05) is 12.1 Å². The van der Waals surface area contributed by atoms with Gasteiger partial charge in [0, 0.05) is 11.3 Å². The lowest BCUT2D eigenvalue weighted by Gasteiger charge is -2.33. The number of benzene rings is 1. The van der Waals surface area contributed by atoms with E-state index in [9.17, 15) is 4.79 Å². The summed E-state index contributed by atoms with van der Waals surface area (Å²) in [5, 5.41) is 7.77. The number of nitrogens with zero attached hydrogens (tertiary/aromatic N) is 2. The zero-order chi connectivity index (χ0) is 19.2.